The summed E-state index contributed by atoms with van der Waals surface area (Å²) in [6.45, 7) is 2.74. The van der Waals surface area contributed by atoms with E-state index in [9.17, 15) is 4.79 Å². The summed E-state index contributed by atoms with van der Waals surface area (Å²) in [5, 5.41) is 6.30. The van der Waals surface area contributed by atoms with Crippen LogP contribution in [0.5, 0.6) is 11.5 Å². The minimum atomic E-state index is -0.222. The van der Waals surface area contributed by atoms with Gasteiger partial charge in [0.2, 0.25) is 0 Å². The van der Waals surface area contributed by atoms with Crippen LogP contribution in [0.15, 0.2) is 78.9 Å². The topological polar surface area (TPSA) is 59.6 Å². The van der Waals surface area contributed by atoms with E-state index in [-0.39, 0.29) is 18.6 Å². The molecule has 5 heteroatoms. The average Bonchev–Trinajstić information content (AvgIpc) is 2.77. The summed E-state index contributed by atoms with van der Waals surface area (Å²) in [6.07, 6.45) is 0. The van der Waals surface area contributed by atoms with Gasteiger partial charge in [0.05, 0.1) is 7.11 Å². The van der Waals surface area contributed by atoms with Gasteiger partial charge < -0.3 is 20.1 Å². The van der Waals surface area contributed by atoms with E-state index in [1.165, 1.54) is 5.56 Å². The van der Waals surface area contributed by atoms with E-state index < -0.39 is 0 Å². The Hall–Kier alpha value is -3.31. The average molecular weight is 390 g/mol. The zero-order valence-corrected chi connectivity index (χ0v) is 16.7. The molecule has 0 saturated carbocycles. The summed E-state index contributed by atoms with van der Waals surface area (Å²) < 4.78 is 11.1. The number of ether oxygens (including phenoxy) is 2. The van der Waals surface area contributed by atoms with Gasteiger partial charge in [-0.2, -0.15) is 0 Å². The summed E-state index contributed by atoms with van der Waals surface area (Å²) >= 11 is 0. The SMILES string of the molecule is COc1cc(CNC(C)c2ccccc2)ccc1OCC(=O)Nc1ccccc1. The maximum absolute atomic E-state index is 12.1. The highest BCUT2D eigenvalue weighted by Gasteiger charge is 2.10. The van der Waals surface area contributed by atoms with Gasteiger partial charge in [-0.15, -0.1) is 0 Å². The molecule has 5 nitrogen and oxygen atoms in total. The van der Waals surface area contributed by atoms with Gasteiger partial charge in [-0.3, -0.25) is 4.79 Å². The third-order valence-corrected chi connectivity index (χ3v) is 4.56. The van der Waals surface area contributed by atoms with Crippen molar-refractivity contribution in [3.63, 3.8) is 0 Å². The molecule has 0 fully saturated rings. The molecule has 1 atom stereocenters. The van der Waals surface area contributed by atoms with Crippen LogP contribution in [0.3, 0.4) is 0 Å². The lowest BCUT2D eigenvalue weighted by Gasteiger charge is -2.16. The van der Waals surface area contributed by atoms with Gasteiger partial charge in [-0.05, 0) is 42.3 Å². The van der Waals surface area contributed by atoms with Gasteiger partial charge in [0.15, 0.2) is 18.1 Å². The third kappa shape index (κ3) is 6.09. The van der Waals surface area contributed by atoms with Crippen molar-refractivity contribution < 1.29 is 14.3 Å². The molecule has 0 aliphatic carbocycles. The number of amides is 1. The van der Waals surface area contributed by atoms with Crippen molar-refractivity contribution in [1.29, 1.82) is 0 Å². The van der Waals surface area contributed by atoms with Crippen LogP contribution in [-0.2, 0) is 11.3 Å². The molecule has 0 spiro atoms. The van der Waals surface area contributed by atoms with E-state index in [0.29, 0.717) is 18.0 Å². The first kappa shape index (κ1) is 20.4. The van der Waals surface area contributed by atoms with Gasteiger partial charge in [-0.25, -0.2) is 0 Å². The Balaban J connectivity index is 1.55. The lowest BCUT2D eigenvalue weighted by Crippen LogP contribution is -2.20. The van der Waals surface area contributed by atoms with Crippen molar-refractivity contribution in [2.24, 2.45) is 0 Å². The first-order valence-electron chi connectivity index (χ1n) is 9.58. The predicted octanol–water partition coefficient (Wildman–Crippen LogP) is 4.56. The van der Waals surface area contributed by atoms with Crippen molar-refractivity contribution in [3.05, 3.63) is 90.0 Å². The number of carbonyl (C=O) groups is 1. The smallest absolute Gasteiger partial charge is 0.262 e. The van der Waals surface area contributed by atoms with Gasteiger partial charge in [0.1, 0.15) is 0 Å². The zero-order valence-electron chi connectivity index (χ0n) is 16.7. The van der Waals surface area contributed by atoms with Crippen LogP contribution in [-0.4, -0.2) is 19.6 Å². The Kier molecular flexibility index (Phi) is 7.25. The van der Waals surface area contributed by atoms with Crippen LogP contribution in [0.2, 0.25) is 0 Å². The highest BCUT2D eigenvalue weighted by atomic mass is 16.5. The van der Waals surface area contributed by atoms with E-state index in [1.807, 2.05) is 66.7 Å². The van der Waals surface area contributed by atoms with E-state index in [1.54, 1.807) is 7.11 Å². The van der Waals surface area contributed by atoms with E-state index in [0.717, 1.165) is 11.3 Å². The first-order valence-corrected chi connectivity index (χ1v) is 9.58. The number of hydrogen-bond acceptors (Lipinski definition) is 4. The highest BCUT2D eigenvalue weighted by molar-refractivity contribution is 5.91. The second-order valence-electron chi connectivity index (χ2n) is 6.70. The maximum atomic E-state index is 12.1. The van der Waals surface area contributed by atoms with Crippen molar-refractivity contribution in [1.82, 2.24) is 5.32 Å². The number of anilines is 1. The van der Waals surface area contributed by atoms with Gasteiger partial charge >= 0.3 is 0 Å². The van der Waals surface area contributed by atoms with Gasteiger partial charge in [0.25, 0.3) is 5.91 Å². The monoisotopic (exact) mass is 390 g/mol. The summed E-state index contributed by atoms with van der Waals surface area (Å²) in [7, 11) is 1.59. The number of hydrogen-bond donors (Lipinski definition) is 2. The molecule has 1 amide bonds. The highest BCUT2D eigenvalue weighted by Crippen LogP contribution is 2.28. The quantitative estimate of drug-likeness (QED) is 0.562. The summed E-state index contributed by atoms with van der Waals surface area (Å²) in [4.78, 5) is 12.1. The number of methoxy groups -OCH3 is 1. The minimum absolute atomic E-state index is 0.0894. The van der Waals surface area contributed by atoms with E-state index in [2.05, 4.69) is 29.7 Å². The first-order chi connectivity index (χ1) is 14.2. The molecule has 150 valence electrons. The van der Waals surface area contributed by atoms with Crippen molar-refractivity contribution in [3.8, 4) is 11.5 Å². The Labute approximate surface area is 171 Å². The molecule has 3 rings (SSSR count). The third-order valence-electron chi connectivity index (χ3n) is 4.56. The predicted molar refractivity (Wildman–Crippen MR) is 115 cm³/mol. The van der Waals surface area contributed by atoms with Crippen LogP contribution in [0.25, 0.3) is 0 Å². The summed E-state index contributed by atoms with van der Waals surface area (Å²) in [5.74, 6) is 0.917. The van der Waals surface area contributed by atoms with Crippen LogP contribution in [0, 0.1) is 0 Å². The fraction of sp³-hybridized carbons (Fsp3) is 0.208. The standard InChI is InChI=1S/C24H26N2O3/c1-18(20-9-5-3-6-10-20)25-16-19-13-14-22(23(15-19)28-2)29-17-24(27)26-21-11-7-4-8-12-21/h3-15,18,25H,16-17H2,1-2H3,(H,26,27). The molecular weight excluding hydrogens is 364 g/mol. The Morgan fingerprint density at radius 2 is 1.62 bits per heavy atom. The van der Waals surface area contributed by atoms with Gasteiger partial charge in [0, 0.05) is 18.3 Å². The molecule has 29 heavy (non-hydrogen) atoms. The molecule has 0 bridgehead atoms. The fourth-order valence-corrected chi connectivity index (χ4v) is 2.93. The molecule has 0 aliphatic heterocycles. The lowest BCUT2D eigenvalue weighted by atomic mass is 10.1. The molecule has 1 unspecified atom stereocenters. The number of rotatable bonds is 9. The Bertz CT molecular complexity index is 914. The number of benzene rings is 3. The Morgan fingerprint density at radius 1 is 0.931 bits per heavy atom. The molecule has 0 saturated heterocycles. The zero-order chi connectivity index (χ0) is 20.5. The molecule has 0 heterocycles. The summed E-state index contributed by atoms with van der Waals surface area (Å²) in [6, 6.07) is 25.6. The fourth-order valence-electron chi connectivity index (χ4n) is 2.93. The Morgan fingerprint density at radius 3 is 2.31 bits per heavy atom. The van der Waals surface area contributed by atoms with Gasteiger partial charge in [-0.1, -0.05) is 54.6 Å². The maximum Gasteiger partial charge on any atom is 0.262 e. The van der Waals surface area contributed by atoms with Crippen molar-refractivity contribution in [2.45, 2.75) is 19.5 Å². The second-order valence-corrected chi connectivity index (χ2v) is 6.70. The number of carbonyl (C=O) groups excluding carboxylic acids is 1. The van der Waals surface area contributed by atoms with Crippen LogP contribution in [0.1, 0.15) is 24.1 Å². The minimum Gasteiger partial charge on any atom is -0.493 e. The normalized spacial score (nSPS) is 11.5. The lowest BCUT2D eigenvalue weighted by molar-refractivity contribution is -0.118. The molecule has 0 aliphatic rings. The number of para-hydroxylation sites is 1. The molecule has 3 aromatic rings. The molecule has 2 N–H and O–H groups in total. The van der Waals surface area contributed by atoms with Crippen LogP contribution >= 0.6 is 0 Å². The van der Waals surface area contributed by atoms with E-state index in [4.69, 9.17) is 9.47 Å². The largest absolute Gasteiger partial charge is 0.493 e. The summed E-state index contributed by atoms with van der Waals surface area (Å²) in [5.41, 5.74) is 3.05. The van der Waals surface area contributed by atoms with Crippen molar-refractivity contribution in [2.75, 3.05) is 19.0 Å². The van der Waals surface area contributed by atoms with Crippen molar-refractivity contribution >= 4 is 11.6 Å². The van der Waals surface area contributed by atoms with Crippen LogP contribution in [0.4, 0.5) is 5.69 Å². The molecule has 0 aromatic heterocycles. The molecular formula is C24H26N2O3. The second kappa shape index (κ2) is 10.3. The molecule has 3 aromatic carbocycles. The molecule has 0 radical (unpaired) electrons. The number of nitrogens with one attached hydrogen (secondary N) is 2. The van der Waals surface area contributed by atoms with Crippen LogP contribution < -0.4 is 20.1 Å². The van der Waals surface area contributed by atoms with E-state index >= 15 is 0 Å².